The van der Waals surface area contributed by atoms with Crippen molar-refractivity contribution in [2.45, 2.75) is 40.0 Å². The highest BCUT2D eigenvalue weighted by molar-refractivity contribution is 5.55. The third-order valence-electron chi connectivity index (χ3n) is 1.94. The molecule has 0 aliphatic rings. The highest BCUT2D eigenvalue weighted by Gasteiger charge is 1.97. The molecule has 2 N–H and O–H groups in total. The highest BCUT2D eigenvalue weighted by atomic mass is 14.7. The summed E-state index contributed by atoms with van der Waals surface area (Å²) in [4.78, 5) is 4.26. The quantitative estimate of drug-likeness (QED) is 0.629. The average molecular weight is 168 g/mol. The molecule has 0 rings (SSSR count). The second-order valence-electron chi connectivity index (χ2n) is 2.82. The van der Waals surface area contributed by atoms with Gasteiger partial charge in [0.2, 0.25) is 0 Å². The Hall–Kier alpha value is -0.630. The number of hydrogen-bond donors (Lipinski definition) is 1. The predicted octanol–water partition coefficient (Wildman–Crippen LogP) is 2.50. The molecule has 0 aliphatic carbocycles. The lowest BCUT2D eigenvalue weighted by atomic mass is 10.1. The lowest BCUT2D eigenvalue weighted by Crippen LogP contribution is -1.99. The van der Waals surface area contributed by atoms with Crippen molar-refractivity contribution in [2.75, 3.05) is 6.54 Å². The zero-order valence-corrected chi connectivity index (χ0v) is 8.43. The molecule has 2 nitrogen and oxygen atoms in total. The van der Waals surface area contributed by atoms with Crippen LogP contribution >= 0.6 is 0 Å². The minimum absolute atomic E-state index is 0.770. The van der Waals surface area contributed by atoms with Gasteiger partial charge in [0.25, 0.3) is 0 Å². The standard InChI is InChI=1S/C10H20N2/c1-4-10(7-6-8-11)9(3)12-5-2/h5H,4,6-8,11H2,1-3H3/b10-9+,12-5?. The largest absolute Gasteiger partial charge is 0.330 e. The Bertz CT molecular complexity index is 169. The van der Waals surface area contributed by atoms with Crippen LogP contribution < -0.4 is 5.73 Å². The van der Waals surface area contributed by atoms with Crippen molar-refractivity contribution in [3.05, 3.63) is 11.3 Å². The summed E-state index contributed by atoms with van der Waals surface area (Å²) in [7, 11) is 0. The van der Waals surface area contributed by atoms with E-state index in [9.17, 15) is 0 Å². The molecule has 0 bridgehead atoms. The fourth-order valence-electron chi connectivity index (χ4n) is 1.21. The molecule has 0 unspecified atom stereocenters. The SMILES string of the molecule is CC=N/C(C)=C(\CC)CCCN. The molecule has 0 saturated heterocycles. The van der Waals surface area contributed by atoms with Crippen LogP contribution in [0.4, 0.5) is 0 Å². The molecule has 2 heteroatoms. The predicted molar refractivity (Wildman–Crippen MR) is 55.4 cm³/mol. The van der Waals surface area contributed by atoms with Crippen LogP contribution in [0.2, 0.25) is 0 Å². The monoisotopic (exact) mass is 168 g/mol. The van der Waals surface area contributed by atoms with Crippen molar-refractivity contribution in [1.29, 1.82) is 0 Å². The van der Waals surface area contributed by atoms with Crippen LogP contribution in [0.25, 0.3) is 0 Å². The minimum Gasteiger partial charge on any atom is -0.330 e. The Balaban J connectivity index is 4.18. The van der Waals surface area contributed by atoms with Gasteiger partial charge in [-0.1, -0.05) is 6.92 Å². The van der Waals surface area contributed by atoms with Crippen molar-refractivity contribution < 1.29 is 0 Å². The summed E-state index contributed by atoms with van der Waals surface area (Å²) in [5.74, 6) is 0. The first kappa shape index (κ1) is 11.4. The van der Waals surface area contributed by atoms with Crippen molar-refractivity contribution in [3.63, 3.8) is 0 Å². The van der Waals surface area contributed by atoms with Gasteiger partial charge in [0, 0.05) is 11.9 Å². The topological polar surface area (TPSA) is 38.4 Å². The van der Waals surface area contributed by atoms with Gasteiger partial charge in [0.05, 0.1) is 0 Å². The molecule has 0 spiro atoms. The van der Waals surface area contributed by atoms with E-state index in [1.165, 1.54) is 5.57 Å². The van der Waals surface area contributed by atoms with Crippen LogP contribution in [0.3, 0.4) is 0 Å². The molecule has 0 saturated carbocycles. The van der Waals surface area contributed by atoms with Crippen molar-refractivity contribution in [3.8, 4) is 0 Å². The Morgan fingerprint density at radius 2 is 2.17 bits per heavy atom. The van der Waals surface area contributed by atoms with E-state index in [0.717, 1.165) is 31.5 Å². The number of aliphatic imine (C=N–C) groups is 1. The first-order chi connectivity index (χ1) is 5.76. The van der Waals surface area contributed by atoms with Gasteiger partial charge in [0.1, 0.15) is 0 Å². The molecule has 0 aliphatic heterocycles. The lowest BCUT2D eigenvalue weighted by molar-refractivity contribution is 0.785. The molecule has 0 atom stereocenters. The Morgan fingerprint density at radius 3 is 2.58 bits per heavy atom. The zero-order valence-electron chi connectivity index (χ0n) is 8.43. The van der Waals surface area contributed by atoms with Gasteiger partial charge in [0.15, 0.2) is 0 Å². The molecule has 0 aromatic carbocycles. The average Bonchev–Trinajstić information content (AvgIpc) is 2.06. The second kappa shape index (κ2) is 7.04. The first-order valence-corrected chi connectivity index (χ1v) is 4.63. The molecule has 0 amide bonds. The van der Waals surface area contributed by atoms with E-state index in [1.807, 2.05) is 13.1 Å². The van der Waals surface area contributed by atoms with Gasteiger partial charge in [-0.3, -0.25) is 4.99 Å². The van der Waals surface area contributed by atoms with E-state index < -0.39 is 0 Å². The number of nitrogens with two attached hydrogens (primary N) is 1. The van der Waals surface area contributed by atoms with Crippen molar-refractivity contribution in [2.24, 2.45) is 10.7 Å². The van der Waals surface area contributed by atoms with Crippen LogP contribution in [-0.4, -0.2) is 12.8 Å². The summed E-state index contributed by atoms with van der Waals surface area (Å²) in [6.07, 6.45) is 5.09. The minimum atomic E-state index is 0.770. The molecule has 0 aromatic heterocycles. The Labute approximate surface area is 75.6 Å². The van der Waals surface area contributed by atoms with Gasteiger partial charge < -0.3 is 5.73 Å². The van der Waals surface area contributed by atoms with Crippen LogP contribution in [0.5, 0.6) is 0 Å². The number of rotatable bonds is 5. The normalized spacial score (nSPS) is 13.7. The lowest BCUT2D eigenvalue weighted by Gasteiger charge is -2.05. The fraction of sp³-hybridized carbons (Fsp3) is 0.700. The van der Waals surface area contributed by atoms with Gasteiger partial charge in [-0.2, -0.15) is 0 Å². The van der Waals surface area contributed by atoms with E-state index >= 15 is 0 Å². The van der Waals surface area contributed by atoms with Crippen LogP contribution in [0.15, 0.2) is 16.3 Å². The van der Waals surface area contributed by atoms with E-state index in [1.54, 1.807) is 0 Å². The van der Waals surface area contributed by atoms with Crippen LogP contribution in [-0.2, 0) is 0 Å². The van der Waals surface area contributed by atoms with E-state index in [0.29, 0.717) is 0 Å². The molecule has 0 fully saturated rings. The molecule has 12 heavy (non-hydrogen) atoms. The van der Waals surface area contributed by atoms with Crippen LogP contribution in [0.1, 0.15) is 40.0 Å². The molecular weight excluding hydrogens is 148 g/mol. The summed E-state index contributed by atoms with van der Waals surface area (Å²) in [5, 5.41) is 0. The summed E-state index contributed by atoms with van der Waals surface area (Å²) in [6, 6.07) is 0. The molecule has 70 valence electrons. The van der Waals surface area contributed by atoms with E-state index in [-0.39, 0.29) is 0 Å². The maximum atomic E-state index is 5.44. The second-order valence-corrected chi connectivity index (χ2v) is 2.82. The molecular formula is C10H20N2. The summed E-state index contributed by atoms with van der Waals surface area (Å²) in [6.45, 7) is 6.95. The van der Waals surface area contributed by atoms with E-state index in [2.05, 4.69) is 18.8 Å². The third kappa shape index (κ3) is 4.29. The zero-order chi connectivity index (χ0) is 9.40. The summed E-state index contributed by atoms with van der Waals surface area (Å²) in [5.41, 5.74) is 8.03. The van der Waals surface area contributed by atoms with Gasteiger partial charge in [-0.25, -0.2) is 0 Å². The summed E-state index contributed by atoms with van der Waals surface area (Å²) < 4.78 is 0. The van der Waals surface area contributed by atoms with E-state index in [4.69, 9.17) is 5.73 Å². The maximum Gasteiger partial charge on any atom is 0.0360 e. The third-order valence-corrected chi connectivity index (χ3v) is 1.94. The fourth-order valence-corrected chi connectivity index (χ4v) is 1.21. The highest BCUT2D eigenvalue weighted by Crippen LogP contribution is 2.14. The first-order valence-electron chi connectivity index (χ1n) is 4.63. The Morgan fingerprint density at radius 1 is 1.50 bits per heavy atom. The number of allylic oxidation sites excluding steroid dienone is 2. The number of hydrogen-bond acceptors (Lipinski definition) is 2. The van der Waals surface area contributed by atoms with Gasteiger partial charge >= 0.3 is 0 Å². The summed E-state index contributed by atoms with van der Waals surface area (Å²) >= 11 is 0. The van der Waals surface area contributed by atoms with Crippen LogP contribution in [0, 0.1) is 0 Å². The van der Waals surface area contributed by atoms with Gasteiger partial charge in [-0.05, 0) is 45.2 Å². The molecule has 0 heterocycles. The van der Waals surface area contributed by atoms with Crippen molar-refractivity contribution in [1.82, 2.24) is 0 Å². The Kier molecular flexibility index (Phi) is 6.67. The van der Waals surface area contributed by atoms with Gasteiger partial charge in [-0.15, -0.1) is 0 Å². The number of nitrogens with zero attached hydrogens (tertiary/aromatic N) is 1. The smallest absolute Gasteiger partial charge is 0.0360 e. The molecule has 0 radical (unpaired) electrons. The molecule has 0 aromatic rings. The maximum absolute atomic E-state index is 5.44. The van der Waals surface area contributed by atoms with Crippen molar-refractivity contribution >= 4 is 6.21 Å².